The van der Waals surface area contributed by atoms with Crippen LogP contribution in [0.5, 0.6) is 5.75 Å². The SMILES string of the molecule is COc1cc(N2CCC(N3CCNCC3)CC2)ccc1-c1nc2ncc(Cl)c(N)c2[nH]1.CSNC1CCCCC1. The van der Waals surface area contributed by atoms with Gasteiger partial charge < -0.3 is 25.7 Å². The van der Waals surface area contributed by atoms with Gasteiger partial charge in [0.2, 0.25) is 0 Å². The highest BCUT2D eigenvalue weighted by Crippen LogP contribution is 2.35. The lowest BCUT2D eigenvalue weighted by Gasteiger charge is -2.41. The summed E-state index contributed by atoms with van der Waals surface area (Å²) in [4.78, 5) is 17.2. The zero-order valence-electron chi connectivity index (χ0n) is 23.7. The molecule has 0 spiro atoms. The van der Waals surface area contributed by atoms with Crippen molar-refractivity contribution in [1.82, 2.24) is 29.9 Å². The standard InChI is InChI=1S/C22H28ClN7O.C7H15NS/c1-31-18-12-15(29-8-4-14(5-9-29)30-10-6-25-7-11-30)2-3-16(18)21-27-20-19(24)17(23)13-26-22(20)28-21;1-9-8-7-5-3-2-4-6-7/h2-3,12-14,25H,4-11H2,1H3,(H3,24,26,27,28);7-8H,2-6H2,1H3. The third-order valence-electron chi connectivity index (χ3n) is 8.34. The van der Waals surface area contributed by atoms with Gasteiger partial charge in [-0.3, -0.25) is 9.62 Å². The molecule has 0 atom stereocenters. The van der Waals surface area contributed by atoms with Gasteiger partial charge in [0.1, 0.15) is 17.1 Å². The minimum atomic E-state index is 0.411. The number of ether oxygens (including phenoxy) is 1. The van der Waals surface area contributed by atoms with Crippen molar-refractivity contribution in [1.29, 1.82) is 0 Å². The van der Waals surface area contributed by atoms with E-state index in [1.165, 1.54) is 56.8 Å². The number of anilines is 2. The van der Waals surface area contributed by atoms with E-state index >= 15 is 0 Å². The zero-order valence-corrected chi connectivity index (χ0v) is 25.3. The van der Waals surface area contributed by atoms with Gasteiger partial charge in [0.15, 0.2) is 5.65 Å². The summed E-state index contributed by atoms with van der Waals surface area (Å²) in [5.41, 5.74) is 9.76. The van der Waals surface area contributed by atoms with Crippen molar-refractivity contribution in [3.05, 3.63) is 29.4 Å². The van der Waals surface area contributed by atoms with Gasteiger partial charge in [-0.25, -0.2) is 9.97 Å². The summed E-state index contributed by atoms with van der Waals surface area (Å²) in [5.74, 6) is 1.43. The van der Waals surface area contributed by atoms with Crippen LogP contribution in [0.3, 0.4) is 0 Å². The molecule has 0 amide bonds. The van der Waals surface area contributed by atoms with E-state index in [4.69, 9.17) is 22.1 Å². The topological polar surface area (TPSA) is 107 Å². The first-order valence-electron chi connectivity index (χ1n) is 14.5. The Hall–Kier alpha value is -2.24. The number of nitrogens with two attached hydrogens (primary N) is 1. The maximum Gasteiger partial charge on any atom is 0.180 e. The van der Waals surface area contributed by atoms with Crippen LogP contribution >= 0.6 is 23.5 Å². The van der Waals surface area contributed by atoms with Gasteiger partial charge in [-0.1, -0.05) is 42.8 Å². The van der Waals surface area contributed by atoms with Gasteiger partial charge in [-0.15, -0.1) is 0 Å². The number of hydrogen-bond donors (Lipinski definition) is 4. The van der Waals surface area contributed by atoms with E-state index in [1.54, 1.807) is 19.1 Å². The van der Waals surface area contributed by atoms with E-state index in [2.05, 4.69) is 53.2 Å². The number of nitrogens with one attached hydrogen (secondary N) is 3. The molecule has 0 radical (unpaired) electrons. The van der Waals surface area contributed by atoms with E-state index < -0.39 is 0 Å². The molecular formula is C29H43ClN8OS. The molecule has 40 heavy (non-hydrogen) atoms. The summed E-state index contributed by atoms with van der Waals surface area (Å²) in [6, 6.07) is 7.79. The highest BCUT2D eigenvalue weighted by molar-refractivity contribution is 7.96. The number of fused-ring (bicyclic) bond motifs is 1. The molecule has 4 heterocycles. The van der Waals surface area contributed by atoms with E-state index in [9.17, 15) is 0 Å². The molecule has 11 heteroatoms. The molecular weight excluding hydrogens is 544 g/mol. The second-order valence-electron chi connectivity index (χ2n) is 10.8. The average Bonchev–Trinajstić information content (AvgIpc) is 3.45. The minimum absolute atomic E-state index is 0.411. The lowest BCUT2D eigenvalue weighted by atomic mass is 9.96. The average molecular weight is 587 g/mol. The predicted octanol–water partition coefficient (Wildman–Crippen LogP) is 4.93. The third kappa shape index (κ3) is 6.97. The third-order valence-corrected chi connectivity index (χ3v) is 9.21. The number of pyridine rings is 1. The van der Waals surface area contributed by atoms with Crippen molar-refractivity contribution in [2.24, 2.45) is 0 Å². The summed E-state index contributed by atoms with van der Waals surface area (Å²) >= 11 is 7.85. The minimum Gasteiger partial charge on any atom is -0.496 e. The van der Waals surface area contributed by atoms with Crippen molar-refractivity contribution in [2.45, 2.75) is 57.0 Å². The summed E-state index contributed by atoms with van der Waals surface area (Å²) < 4.78 is 9.12. The van der Waals surface area contributed by atoms with Crippen LogP contribution in [0.4, 0.5) is 11.4 Å². The van der Waals surface area contributed by atoms with Crippen LogP contribution in [0.1, 0.15) is 44.9 Å². The normalized spacial score (nSPS) is 19.4. The highest BCUT2D eigenvalue weighted by Gasteiger charge is 2.26. The maximum atomic E-state index is 6.10. The largest absolute Gasteiger partial charge is 0.496 e. The van der Waals surface area contributed by atoms with Crippen molar-refractivity contribution in [3.8, 4) is 17.1 Å². The summed E-state index contributed by atoms with van der Waals surface area (Å²) in [6.07, 6.45) is 13.1. The molecule has 1 aliphatic carbocycles. The molecule has 1 saturated carbocycles. The number of aromatic nitrogens is 3. The zero-order chi connectivity index (χ0) is 27.9. The van der Waals surface area contributed by atoms with E-state index in [0.717, 1.165) is 56.6 Å². The highest BCUT2D eigenvalue weighted by atomic mass is 35.5. The number of benzene rings is 1. The van der Waals surface area contributed by atoms with Crippen LogP contribution in [0.2, 0.25) is 5.02 Å². The summed E-state index contributed by atoms with van der Waals surface area (Å²) in [6.45, 7) is 6.65. The molecule has 1 aromatic carbocycles. The molecule has 3 aliphatic rings. The molecule has 5 N–H and O–H groups in total. The molecule has 6 rings (SSSR count). The second kappa shape index (κ2) is 14.1. The lowest BCUT2D eigenvalue weighted by molar-refractivity contribution is 0.150. The molecule has 0 bridgehead atoms. The Labute approximate surface area is 247 Å². The first kappa shape index (κ1) is 29.3. The Bertz CT molecular complexity index is 1230. The van der Waals surface area contributed by atoms with Crippen molar-refractivity contribution >= 4 is 46.1 Å². The molecule has 0 unspecified atom stereocenters. The Morgan fingerprint density at radius 1 is 1.07 bits per heavy atom. The first-order valence-corrected chi connectivity index (χ1v) is 16.1. The Balaban J connectivity index is 0.000000306. The van der Waals surface area contributed by atoms with Crippen LogP contribution in [0, 0.1) is 0 Å². The van der Waals surface area contributed by atoms with E-state index in [0.29, 0.717) is 33.7 Å². The molecule has 3 aromatic rings. The number of nitrogens with zero attached hydrogens (tertiary/aromatic N) is 4. The number of methoxy groups -OCH3 is 1. The van der Waals surface area contributed by atoms with Crippen LogP contribution in [-0.2, 0) is 0 Å². The maximum absolute atomic E-state index is 6.10. The van der Waals surface area contributed by atoms with Gasteiger partial charge in [0, 0.05) is 63.1 Å². The van der Waals surface area contributed by atoms with Gasteiger partial charge in [-0.05, 0) is 44.1 Å². The number of piperidine rings is 1. The number of piperazine rings is 1. The van der Waals surface area contributed by atoms with Crippen molar-refractivity contribution in [3.63, 3.8) is 0 Å². The smallest absolute Gasteiger partial charge is 0.180 e. The molecule has 9 nitrogen and oxygen atoms in total. The molecule has 2 saturated heterocycles. The van der Waals surface area contributed by atoms with Crippen LogP contribution < -0.4 is 25.4 Å². The monoisotopic (exact) mass is 586 g/mol. The Morgan fingerprint density at radius 3 is 2.52 bits per heavy atom. The van der Waals surface area contributed by atoms with Gasteiger partial charge >= 0.3 is 0 Å². The summed E-state index contributed by atoms with van der Waals surface area (Å²) in [7, 11) is 1.69. The number of rotatable bonds is 6. The number of imidazole rings is 1. The molecule has 2 aromatic heterocycles. The van der Waals surface area contributed by atoms with Gasteiger partial charge in [-0.2, -0.15) is 0 Å². The first-order chi connectivity index (χ1) is 19.6. The number of halogens is 1. The lowest BCUT2D eigenvalue weighted by Crippen LogP contribution is -2.52. The van der Waals surface area contributed by atoms with Crippen molar-refractivity contribution in [2.75, 3.05) is 63.3 Å². The fourth-order valence-electron chi connectivity index (χ4n) is 6.08. The predicted molar refractivity (Wildman–Crippen MR) is 169 cm³/mol. The number of aromatic amines is 1. The molecule has 3 fully saturated rings. The quantitative estimate of drug-likeness (QED) is 0.299. The number of hydrogen-bond acceptors (Lipinski definition) is 9. The van der Waals surface area contributed by atoms with E-state index in [-0.39, 0.29) is 0 Å². The molecule has 2 aliphatic heterocycles. The van der Waals surface area contributed by atoms with Gasteiger partial charge in [0.25, 0.3) is 0 Å². The Kier molecular flexibility index (Phi) is 10.3. The van der Waals surface area contributed by atoms with Crippen LogP contribution in [0.25, 0.3) is 22.6 Å². The van der Waals surface area contributed by atoms with Gasteiger partial charge in [0.05, 0.1) is 29.6 Å². The fourth-order valence-corrected chi connectivity index (χ4v) is 6.79. The number of nitrogen functional groups attached to an aromatic ring is 1. The molecule has 218 valence electrons. The van der Waals surface area contributed by atoms with Crippen LogP contribution in [-0.4, -0.2) is 84.6 Å². The van der Waals surface area contributed by atoms with E-state index in [1.807, 2.05) is 6.07 Å². The number of H-pyrrole nitrogens is 1. The second-order valence-corrected chi connectivity index (χ2v) is 11.9. The fraction of sp³-hybridized carbons (Fsp3) is 0.586. The van der Waals surface area contributed by atoms with Crippen molar-refractivity contribution < 1.29 is 4.74 Å². The Morgan fingerprint density at radius 2 is 1.82 bits per heavy atom. The van der Waals surface area contributed by atoms with Crippen LogP contribution in [0.15, 0.2) is 24.4 Å². The summed E-state index contributed by atoms with van der Waals surface area (Å²) in [5, 5.41) is 3.85.